The summed E-state index contributed by atoms with van der Waals surface area (Å²) < 4.78 is 35.4. The second-order valence-corrected chi connectivity index (χ2v) is 11.8. The summed E-state index contributed by atoms with van der Waals surface area (Å²) in [5, 5.41) is 4.14. The Morgan fingerprint density at radius 3 is 2.50 bits per heavy atom. The van der Waals surface area contributed by atoms with E-state index >= 15 is 0 Å². The van der Waals surface area contributed by atoms with Crippen molar-refractivity contribution in [1.82, 2.24) is 0 Å². The van der Waals surface area contributed by atoms with Crippen LogP contribution in [-0.2, 0) is 15.5 Å². The number of fused-ring (bicyclic) bond motifs is 1. The summed E-state index contributed by atoms with van der Waals surface area (Å²) in [6, 6.07) is 18.4. The van der Waals surface area contributed by atoms with Crippen LogP contribution in [0, 0.1) is 0 Å². The molecule has 0 atom stereocenters. The predicted octanol–water partition coefficient (Wildman–Crippen LogP) is 6.62. The fraction of sp³-hybridized carbons (Fsp3) is 0.345. The number of unbranched alkanes of at least 4 members (excludes halogenated alkanes) is 1. The van der Waals surface area contributed by atoms with E-state index in [9.17, 15) is 13.0 Å². The molecule has 0 bridgehead atoms. The molecular weight excluding hydrogens is 492 g/mol. The fourth-order valence-electron chi connectivity index (χ4n) is 5.00. The smallest absolute Gasteiger partial charge is 0.209 e. The molecule has 5 nitrogen and oxygen atoms in total. The summed E-state index contributed by atoms with van der Waals surface area (Å²) in [4.78, 5) is 0. The highest BCUT2D eigenvalue weighted by molar-refractivity contribution is 7.85. The molecule has 7 heteroatoms. The predicted molar refractivity (Wildman–Crippen MR) is 147 cm³/mol. The minimum Gasteiger partial charge on any atom is -0.748 e. The molecule has 2 aromatic carbocycles. The molecule has 36 heavy (non-hydrogen) atoms. The highest BCUT2D eigenvalue weighted by Gasteiger charge is 2.43. The lowest BCUT2D eigenvalue weighted by atomic mass is 9.81. The van der Waals surface area contributed by atoms with Crippen molar-refractivity contribution in [2.75, 3.05) is 17.6 Å². The summed E-state index contributed by atoms with van der Waals surface area (Å²) in [6.07, 6.45) is 10.1. The molecule has 190 valence electrons. The van der Waals surface area contributed by atoms with E-state index in [1.807, 2.05) is 48.7 Å². The van der Waals surface area contributed by atoms with Crippen LogP contribution in [0.5, 0.6) is 0 Å². The molecular formula is C29H33ClN2O3S. The van der Waals surface area contributed by atoms with Crippen molar-refractivity contribution >= 4 is 38.8 Å². The number of para-hydroxylation sites is 2. The van der Waals surface area contributed by atoms with Crippen LogP contribution >= 0.6 is 11.6 Å². The van der Waals surface area contributed by atoms with Crippen LogP contribution in [0.15, 0.2) is 89.1 Å². The highest BCUT2D eigenvalue weighted by atomic mass is 35.5. The molecule has 4 rings (SSSR count). The summed E-state index contributed by atoms with van der Waals surface area (Å²) >= 11 is 6.85. The third-order valence-electron chi connectivity index (χ3n) is 6.91. The molecule has 0 fully saturated rings. The molecule has 0 spiro atoms. The van der Waals surface area contributed by atoms with Crippen LogP contribution in [0.1, 0.15) is 51.5 Å². The van der Waals surface area contributed by atoms with Gasteiger partial charge < -0.3 is 9.87 Å². The number of nitrogens with one attached hydrogen (secondary N) is 1. The van der Waals surface area contributed by atoms with Crippen LogP contribution in [0.4, 0.5) is 11.4 Å². The molecule has 1 heterocycles. The molecule has 1 aliphatic carbocycles. The maximum atomic E-state index is 11.0. The van der Waals surface area contributed by atoms with Gasteiger partial charge in [0, 0.05) is 46.8 Å². The molecule has 2 aliphatic rings. The van der Waals surface area contributed by atoms with Crippen LogP contribution in [0.2, 0.25) is 0 Å². The van der Waals surface area contributed by atoms with E-state index in [2.05, 4.69) is 48.0 Å². The van der Waals surface area contributed by atoms with Gasteiger partial charge in [-0.3, -0.25) is 0 Å². The molecule has 0 aromatic heterocycles. The number of hydrogen-bond acceptors (Lipinski definition) is 4. The van der Waals surface area contributed by atoms with Crippen LogP contribution in [0.3, 0.4) is 0 Å². The number of allylic oxidation sites excluding steroid dienone is 5. The van der Waals surface area contributed by atoms with Crippen molar-refractivity contribution in [2.45, 2.75) is 51.4 Å². The average molecular weight is 525 g/mol. The molecule has 2 aromatic rings. The van der Waals surface area contributed by atoms with Gasteiger partial charge in [0.1, 0.15) is 6.54 Å². The van der Waals surface area contributed by atoms with E-state index in [4.69, 9.17) is 11.6 Å². The first-order valence-electron chi connectivity index (χ1n) is 12.4. The monoisotopic (exact) mass is 524 g/mol. The number of rotatable bonds is 9. The topological polar surface area (TPSA) is 72.2 Å². The third kappa shape index (κ3) is 6.17. The van der Waals surface area contributed by atoms with Crippen LogP contribution in [-0.4, -0.2) is 35.6 Å². The van der Waals surface area contributed by atoms with E-state index in [0.717, 1.165) is 52.5 Å². The van der Waals surface area contributed by atoms with Gasteiger partial charge in [-0.25, -0.2) is 8.42 Å². The number of nitrogens with zero attached hydrogens (tertiary/aromatic N) is 1. The number of hydrogen-bond donors (Lipinski definition) is 1. The Balaban J connectivity index is 1.61. The van der Waals surface area contributed by atoms with Gasteiger partial charge in [-0.05, 0) is 62.8 Å². The second-order valence-electron chi connectivity index (χ2n) is 9.85. The molecule has 1 aliphatic heterocycles. The van der Waals surface area contributed by atoms with Crippen LogP contribution in [0.25, 0.3) is 0 Å². The SMILES string of the molecule is CC1(C)C(/C=C/C2=C(Cl)C(=C\Nc3ccccc3)/CCC2)=[N+](CCCCS(=O)(=O)[O-])c2ccccc21. The maximum absolute atomic E-state index is 11.0. The van der Waals surface area contributed by atoms with Gasteiger partial charge in [0.2, 0.25) is 5.69 Å². The number of halogens is 1. The van der Waals surface area contributed by atoms with Gasteiger partial charge in [-0.15, -0.1) is 0 Å². The molecule has 1 N–H and O–H groups in total. The summed E-state index contributed by atoms with van der Waals surface area (Å²) in [7, 11) is -4.20. The van der Waals surface area contributed by atoms with Gasteiger partial charge in [0.05, 0.1) is 15.5 Å². The Bertz CT molecular complexity index is 1340. The quantitative estimate of drug-likeness (QED) is 0.227. The minimum atomic E-state index is -4.20. The van der Waals surface area contributed by atoms with Crippen molar-refractivity contribution in [3.8, 4) is 0 Å². The Morgan fingerprint density at radius 2 is 1.75 bits per heavy atom. The largest absolute Gasteiger partial charge is 0.748 e. The van der Waals surface area contributed by atoms with Crippen molar-refractivity contribution < 1.29 is 17.5 Å². The second kappa shape index (κ2) is 11.2. The Kier molecular flexibility index (Phi) is 8.18. The third-order valence-corrected chi connectivity index (χ3v) is 8.18. The Labute approximate surface area is 219 Å². The zero-order valence-electron chi connectivity index (χ0n) is 20.8. The van der Waals surface area contributed by atoms with E-state index < -0.39 is 10.1 Å². The Hall–Kier alpha value is -2.67. The minimum absolute atomic E-state index is 0.215. The Morgan fingerprint density at radius 1 is 1.03 bits per heavy atom. The standard InChI is InChI=1S/C29H33ClN2O3S/c1-29(2)25-15-6-7-16-26(25)32(19-8-9-20-36(33,34)35)27(29)18-17-22-11-10-12-23(28(22)30)21-31-24-13-4-3-5-14-24/h3-7,13-18,21H,8-12,19-20H2,1-2H3,(H,33,34,35). The van der Waals surface area contributed by atoms with Gasteiger partial charge in [-0.1, -0.05) is 54.1 Å². The molecule has 0 radical (unpaired) electrons. The lowest BCUT2D eigenvalue weighted by molar-refractivity contribution is -0.438. The van der Waals surface area contributed by atoms with Crippen molar-refractivity contribution in [1.29, 1.82) is 0 Å². The number of benzene rings is 2. The van der Waals surface area contributed by atoms with Crippen LogP contribution < -0.4 is 5.32 Å². The summed E-state index contributed by atoms with van der Waals surface area (Å²) in [6.45, 7) is 5.06. The number of anilines is 1. The van der Waals surface area contributed by atoms with Gasteiger partial charge >= 0.3 is 0 Å². The van der Waals surface area contributed by atoms with E-state index in [1.54, 1.807) is 0 Å². The maximum Gasteiger partial charge on any atom is 0.209 e. The van der Waals surface area contributed by atoms with E-state index in [1.165, 1.54) is 5.56 Å². The highest BCUT2D eigenvalue weighted by Crippen LogP contribution is 2.40. The van der Waals surface area contributed by atoms with E-state index in [-0.39, 0.29) is 11.2 Å². The first kappa shape index (κ1) is 26.4. The zero-order valence-corrected chi connectivity index (χ0v) is 22.4. The van der Waals surface area contributed by atoms with Crippen molar-refractivity contribution in [3.63, 3.8) is 0 Å². The molecule has 0 saturated carbocycles. The first-order chi connectivity index (χ1) is 17.2. The molecule has 0 saturated heterocycles. The first-order valence-corrected chi connectivity index (χ1v) is 14.4. The lowest BCUT2D eigenvalue weighted by Crippen LogP contribution is -2.28. The zero-order chi connectivity index (χ0) is 25.8. The lowest BCUT2D eigenvalue weighted by Gasteiger charge is -2.18. The van der Waals surface area contributed by atoms with Gasteiger partial charge in [0.15, 0.2) is 5.71 Å². The summed E-state index contributed by atoms with van der Waals surface area (Å²) in [5.74, 6) is -0.328. The van der Waals surface area contributed by atoms with Crippen molar-refractivity contribution in [3.05, 3.63) is 94.7 Å². The summed E-state index contributed by atoms with van der Waals surface area (Å²) in [5.41, 5.74) is 6.53. The molecule has 0 amide bonds. The van der Waals surface area contributed by atoms with Gasteiger partial charge in [0.25, 0.3) is 0 Å². The molecule has 0 unspecified atom stereocenters. The van der Waals surface area contributed by atoms with E-state index in [0.29, 0.717) is 19.4 Å². The normalized spacial score (nSPS) is 18.8. The fourth-order valence-corrected chi connectivity index (χ4v) is 5.87. The van der Waals surface area contributed by atoms with Crippen molar-refractivity contribution in [2.24, 2.45) is 0 Å². The van der Waals surface area contributed by atoms with Gasteiger partial charge in [-0.2, -0.15) is 4.58 Å². The average Bonchev–Trinajstić information content (AvgIpc) is 3.06.